The fourth-order valence-corrected chi connectivity index (χ4v) is 9.70. The number of benzene rings is 5. The zero-order chi connectivity index (χ0) is 55.0. The first kappa shape index (κ1) is 56.0. The molecule has 1 heterocycles. The Labute approximate surface area is 443 Å². The minimum Gasteiger partial charge on any atom is -0.488 e. The normalized spacial score (nSPS) is 16.4. The summed E-state index contributed by atoms with van der Waals surface area (Å²) in [4.78, 5) is 86.8. The Hall–Kier alpha value is -7.73. The van der Waals surface area contributed by atoms with Crippen molar-refractivity contribution in [3.05, 3.63) is 161 Å². The molecule has 0 saturated carbocycles. The number of hydrogen-bond donors (Lipinski definition) is 6. The van der Waals surface area contributed by atoms with Crippen molar-refractivity contribution in [1.82, 2.24) is 20.4 Å². The summed E-state index contributed by atoms with van der Waals surface area (Å²) in [6, 6.07) is 29.1. The fraction of sp³-hybridized carbons (Fsp3) is 0.356. The van der Waals surface area contributed by atoms with Gasteiger partial charge in [0.25, 0.3) is 0 Å². The first-order valence-electron chi connectivity index (χ1n) is 25.5. The smallest absolute Gasteiger partial charge is 0.408 e. The number of fused-ring (bicyclic) bond motifs is 4. The maximum atomic E-state index is 16.1. The molecule has 76 heavy (non-hydrogen) atoms. The lowest BCUT2D eigenvalue weighted by Gasteiger charge is -2.33. The van der Waals surface area contributed by atoms with Gasteiger partial charge in [0, 0.05) is 42.4 Å². The Balaban J connectivity index is 1.28. The van der Waals surface area contributed by atoms with Gasteiger partial charge in [0.15, 0.2) is 5.69 Å². The number of hydrogen-bond acceptors (Lipinski definition) is 11. The van der Waals surface area contributed by atoms with Crippen molar-refractivity contribution in [2.75, 3.05) is 13.2 Å². The fourth-order valence-electron chi connectivity index (χ4n) is 9.70. The van der Waals surface area contributed by atoms with E-state index in [1.807, 2.05) is 69.3 Å². The van der Waals surface area contributed by atoms with Gasteiger partial charge in [-0.1, -0.05) is 84.9 Å². The molecule has 0 fully saturated rings. The molecule has 5 aromatic rings. The van der Waals surface area contributed by atoms with Crippen LogP contribution in [0.25, 0.3) is 16.7 Å². The van der Waals surface area contributed by atoms with E-state index in [2.05, 4.69) is 16.0 Å². The van der Waals surface area contributed by atoms with E-state index in [1.54, 1.807) is 69.3 Å². The van der Waals surface area contributed by atoms with Gasteiger partial charge < -0.3 is 47.4 Å². The summed E-state index contributed by atoms with van der Waals surface area (Å²) < 4.78 is 30.5. The molecule has 0 radical (unpaired) electrons. The average molecular weight is 1040 g/mol. The van der Waals surface area contributed by atoms with E-state index in [1.165, 1.54) is 30.5 Å². The molecule has 6 amide bonds. The predicted octanol–water partition coefficient (Wildman–Crippen LogP) is 7.82. The maximum Gasteiger partial charge on any atom is 0.408 e. The number of imide groups is 1. The molecule has 400 valence electrons. The molecule has 2 aliphatic rings. The monoisotopic (exact) mass is 1040 g/mol. The Morgan fingerprint density at radius 2 is 1.18 bits per heavy atom. The molecule has 9 N–H and O–H groups in total. The summed E-state index contributed by atoms with van der Waals surface area (Å²) in [6.45, 7) is 11.0. The largest absolute Gasteiger partial charge is 0.488 e. The lowest BCUT2D eigenvalue weighted by Crippen LogP contribution is -2.66. The Kier molecular flexibility index (Phi) is 17.6. The number of ether oxygens (including phenoxy) is 3. The Morgan fingerprint density at radius 3 is 1.76 bits per heavy atom. The lowest BCUT2D eigenvalue weighted by atomic mass is 9.98. The number of para-hydroxylation sites is 1. The number of primary amides is 1. The average Bonchev–Trinajstić information content (AvgIpc) is 3.98. The summed E-state index contributed by atoms with van der Waals surface area (Å²) in [6.07, 6.45) is 0.0923. The van der Waals surface area contributed by atoms with Gasteiger partial charge in [0.05, 0.1) is 0 Å². The third-order valence-corrected chi connectivity index (χ3v) is 13.1. The number of rotatable bonds is 20. The van der Waals surface area contributed by atoms with Crippen LogP contribution in [0.3, 0.4) is 0 Å². The molecule has 1 aliphatic carbocycles. The molecule has 16 nitrogen and oxygen atoms in total. The minimum absolute atomic E-state index is 0.0631. The second-order valence-electron chi connectivity index (χ2n) is 21.2. The summed E-state index contributed by atoms with van der Waals surface area (Å²) in [7, 11) is 0. The van der Waals surface area contributed by atoms with Gasteiger partial charge in [0.1, 0.15) is 59.7 Å². The van der Waals surface area contributed by atoms with E-state index in [4.69, 9.17) is 31.4 Å². The highest BCUT2D eigenvalue weighted by Gasteiger charge is 2.56. The van der Waals surface area contributed by atoms with Gasteiger partial charge in [-0.2, -0.15) is 0 Å². The number of amides is 6. The first-order valence-corrected chi connectivity index (χ1v) is 25.5. The van der Waals surface area contributed by atoms with Crippen molar-refractivity contribution in [3.63, 3.8) is 0 Å². The van der Waals surface area contributed by atoms with E-state index >= 15 is 14.4 Å². The van der Waals surface area contributed by atoms with Crippen molar-refractivity contribution in [3.8, 4) is 16.9 Å². The van der Waals surface area contributed by atoms with Gasteiger partial charge in [0.2, 0.25) is 11.8 Å². The molecular formula is C59H69FN7O9+. The van der Waals surface area contributed by atoms with Crippen molar-refractivity contribution in [2.24, 2.45) is 17.2 Å². The molecule has 0 bridgehead atoms. The lowest BCUT2D eigenvalue weighted by molar-refractivity contribution is -0.144. The van der Waals surface area contributed by atoms with Gasteiger partial charge >= 0.3 is 24.0 Å². The third-order valence-electron chi connectivity index (χ3n) is 13.1. The van der Waals surface area contributed by atoms with E-state index in [0.29, 0.717) is 47.4 Å². The van der Waals surface area contributed by atoms with Crippen LogP contribution in [0.1, 0.15) is 101 Å². The number of nitrogens with two attached hydrogens (primary N) is 3. The number of alkyl carbamates (subject to hydrolysis) is 2. The summed E-state index contributed by atoms with van der Waals surface area (Å²) in [5, 5.41) is 8.17. The standard InChI is InChI=1S/C59H68FN7O9/c1-58(2,3)75-40-28-24-37(25-29-40)32-50(64-53(69)49(31-36-22-26-39(60)27-23-36)66-56(72)74-35-46-44-18-9-7-16-42(44)43-17-8-10-19-45(43)46)55(71)67(54(70)47(62)20-13-14-30-61)34-38(41-15-11-12-21-51(41)67)33-48(52(63)68)65-57(73)76-59(4,5)6/h7-12,15-19,21-29,34,46-50H,13-14,20,30-33,35,61-62H2,1-6H3,(H4-,63,64,65,66,68,69,72,73)/p+1/t47-,48-,49-,50-,67?/m0/s1. The van der Waals surface area contributed by atoms with E-state index in [0.717, 1.165) is 22.3 Å². The van der Waals surface area contributed by atoms with Crippen molar-refractivity contribution in [2.45, 2.75) is 121 Å². The highest BCUT2D eigenvalue weighted by Crippen LogP contribution is 2.46. The zero-order valence-corrected chi connectivity index (χ0v) is 43.9. The summed E-state index contributed by atoms with van der Waals surface area (Å²) >= 11 is 0. The van der Waals surface area contributed by atoms with Crippen LogP contribution in [-0.2, 0) is 41.5 Å². The molecular weight excluding hydrogens is 970 g/mol. The molecule has 17 heteroatoms. The number of carbonyl (C=O) groups excluding carboxylic acids is 6. The molecule has 5 atom stereocenters. The van der Waals surface area contributed by atoms with Crippen LogP contribution >= 0.6 is 0 Å². The van der Waals surface area contributed by atoms with Gasteiger partial charge in [-0.15, -0.1) is 4.48 Å². The number of halogens is 1. The predicted molar refractivity (Wildman–Crippen MR) is 289 cm³/mol. The molecule has 0 aromatic heterocycles. The van der Waals surface area contributed by atoms with Crippen LogP contribution in [0, 0.1) is 5.82 Å². The topological polar surface area (TPSA) is 244 Å². The van der Waals surface area contributed by atoms with Crippen LogP contribution in [0.15, 0.2) is 128 Å². The first-order chi connectivity index (χ1) is 36.1. The number of nitrogens with one attached hydrogen (secondary N) is 3. The molecule has 1 aliphatic heterocycles. The molecule has 0 saturated heterocycles. The van der Waals surface area contributed by atoms with Crippen LogP contribution < -0.4 is 42.4 Å². The van der Waals surface area contributed by atoms with Crippen molar-refractivity contribution in [1.29, 1.82) is 0 Å². The maximum absolute atomic E-state index is 16.1. The second-order valence-corrected chi connectivity index (χ2v) is 21.2. The second kappa shape index (κ2) is 23.9. The molecule has 1 unspecified atom stereocenters. The quantitative estimate of drug-likeness (QED) is 0.0324. The minimum atomic E-state index is -1.53. The Bertz CT molecular complexity index is 2920. The highest BCUT2D eigenvalue weighted by molar-refractivity contribution is 6.18. The van der Waals surface area contributed by atoms with Gasteiger partial charge in [-0.3, -0.25) is 9.59 Å². The summed E-state index contributed by atoms with van der Waals surface area (Å²) in [5.74, 6) is -3.58. The van der Waals surface area contributed by atoms with Crippen molar-refractivity contribution < 1.29 is 47.4 Å². The summed E-state index contributed by atoms with van der Waals surface area (Å²) in [5.41, 5.74) is 22.9. The number of nitrogens with zero attached hydrogens (tertiary/aromatic N) is 1. The van der Waals surface area contributed by atoms with E-state index < -0.39 is 81.5 Å². The third kappa shape index (κ3) is 13.6. The number of unbranched alkanes of at least 4 members (excludes halogenated alkanes) is 1. The zero-order valence-electron chi connectivity index (χ0n) is 43.9. The van der Waals surface area contributed by atoms with Crippen LogP contribution in [-0.4, -0.2) is 84.3 Å². The van der Waals surface area contributed by atoms with Crippen molar-refractivity contribution >= 4 is 47.1 Å². The van der Waals surface area contributed by atoms with E-state index in [9.17, 15) is 18.8 Å². The van der Waals surface area contributed by atoms with Crippen LogP contribution in [0.4, 0.5) is 19.7 Å². The molecule has 5 aromatic carbocycles. The number of quaternary nitrogens is 1. The molecule has 7 rings (SSSR count). The van der Waals surface area contributed by atoms with Gasteiger partial charge in [-0.05, 0) is 131 Å². The molecule has 0 spiro atoms. The SMILES string of the molecule is CC(C)(C)OC(=O)N[C@@H](CC1=C[N+](C(=O)[C@H](Cc2ccc(OC(C)(C)C)cc2)NC(=O)[C@H](Cc2ccc(F)cc2)NC(=O)OCC2c3ccccc3-c3ccccc32)(C(=O)[C@@H](N)CCCCN)c2ccccc21)C(N)=O. The Morgan fingerprint density at radius 1 is 0.632 bits per heavy atom. The highest BCUT2D eigenvalue weighted by atomic mass is 19.1. The van der Waals surface area contributed by atoms with E-state index in [-0.39, 0.29) is 43.9 Å². The van der Waals surface area contributed by atoms with Crippen LogP contribution in [0.2, 0.25) is 0 Å². The number of carbonyl (C=O) groups is 6. The van der Waals surface area contributed by atoms with Gasteiger partial charge in [-0.25, -0.2) is 23.6 Å². The van der Waals surface area contributed by atoms with Crippen LogP contribution in [0.5, 0.6) is 5.75 Å².